The van der Waals surface area contributed by atoms with Crippen LogP contribution in [0.1, 0.15) is 92.0 Å². The van der Waals surface area contributed by atoms with Crippen LogP contribution >= 0.6 is 0 Å². The fourth-order valence-corrected chi connectivity index (χ4v) is 8.48. The molecule has 0 bridgehead atoms. The van der Waals surface area contributed by atoms with Crippen molar-refractivity contribution in [3.8, 4) is 39.7 Å². The maximum atomic E-state index is 14.1. The number of hydrogen-bond donors (Lipinski definition) is 4. The van der Waals surface area contributed by atoms with Crippen molar-refractivity contribution >= 4 is 34.8 Å². The zero-order valence-corrected chi connectivity index (χ0v) is 38.4. The van der Waals surface area contributed by atoms with E-state index in [1.54, 1.807) is 11.1 Å². The van der Waals surface area contributed by atoms with Gasteiger partial charge in [0.1, 0.15) is 23.7 Å². The first-order chi connectivity index (χ1) is 30.5. The van der Waals surface area contributed by atoms with Crippen LogP contribution in [0.3, 0.4) is 0 Å². The topological polar surface area (TPSA) is 198 Å². The number of imidazole rings is 2. The van der Waals surface area contributed by atoms with Crippen molar-refractivity contribution < 1.29 is 28.7 Å². The number of methoxy groups -OCH3 is 2. The summed E-state index contributed by atoms with van der Waals surface area (Å²) in [6, 6.07) is 20.6. The lowest BCUT2D eigenvalue weighted by molar-refractivity contribution is -0.139. The average Bonchev–Trinajstić information content (AvgIpc) is 4.07. The number of ether oxygens (including phenoxy) is 2. The van der Waals surface area contributed by atoms with Crippen LogP contribution in [-0.2, 0) is 19.1 Å². The third-order valence-electron chi connectivity index (χ3n) is 11.9. The minimum atomic E-state index is -0.813. The van der Waals surface area contributed by atoms with Crippen molar-refractivity contribution in [1.29, 1.82) is 5.26 Å². The lowest BCUT2D eigenvalue weighted by atomic mass is 9.96. The van der Waals surface area contributed by atoms with Gasteiger partial charge in [0.25, 0.3) is 0 Å². The first kappa shape index (κ1) is 46.8. The molecule has 1 saturated heterocycles. The highest BCUT2D eigenvalue weighted by Crippen LogP contribution is 2.37. The number of nitriles is 1. The van der Waals surface area contributed by atoms with E-state index in [-0.39, 0.29) is 54.1 Å². The highest BCUT2D eigenvalue weighted by molar-refractivity contribution is 5.91. The van der Waals surface area contributed by atoms with Crippen molar-refractivity contribution in [3.05, 3.63) is 84.7 Å². The minimum Gasteiger partial charge on any atom is -0.453 e. The molecule has 0 saturated carbocycles. The highest BCUT2D eigenvalue weighted by atomic mass is 16.5. The second-order valence-electron chi connectivity index (χ2n) is 18.0. The van der Waals surface area contributed by atoms with E-state index in [2.05, 4.69) is 100 Å². The van der Waals surface area contributed by atoms with Crippen LogP contribution in [0.4, 0.5) is 9.59 Å². The van der Waals surface area contributed by atoms with Crippen molar-refractivity contribution in [2.45, 2.75) is 98.4 Å². The molecule has 1 aliphatic rings. The van der Waals surface area contributed by atoms with Gasteiger partial charge in [-0.25, -0.2) is 19.6 Å². The van der Waals surface area contributed by atoms with Crippen LogP contribution < -0.4 is 10.6 Å². The zero-order valence-electron chi connectivity index (χ0n) is 38.4. The Kier molecular flexibility index (Phi) is 14.8. The third kappa shape index (κ3) is 10.4. The van der Waals surface area contributed by atoms with Crippen molar-refractivity contribution in [1.82, 2.24) is 40.4 Å². The molecule has 0 radical (unpaired) electrons. The fourth-order valence-electron chi connectivity index (χ4n) is 8.48. The van der Waals surface area contributed by atoms with Gasteiger partial charge in [0.2, 0.25) is 11.8 Å². The molecule has 1 fully saturated rings. The van der Waals surface area contributed by atoms with Gasteiger partial charge in [-0.2, -0.15) is 5.26 Å². The number of rotatable bonds is 15. The molecule has 338 valence electrons. The molecule has 5 atom stereocenters. The molecule has 4 N–H and O–H groups in total. The summed E-state index contributed by atoms with van der Waals surface area (Å²) in [5, 5.41) is 17.3. The Bertz CT molecular complexity index is 2480. The van der Waals surface area contributed by atoms with E-state index in [0.29, 0.717) is 24.5 Å². The van der Waals surface area contributed by atoms with Crippen molar-refractivity contribution in [3.63, 3.8) is 0 Å². The number of hydrogen-bond acceptors (Lipinski definition) is 9. The molecule has 3 aromatic carbocycles. The van der Waals surface area contributed by atoms with Gasteiger partial charge in [-0.3, -0.25) is 9.59 Å². The lowest BCUT2D eigenvalue weighted by Crippen LogP contribution is -2.54. The second-order valence-corrected chi connectivity index (χ2v) is 18.0. The normalized spacial score (nSPS) is 16.5. The molecular formula is C49H61N9O6. The van der Waals surface area contributed by atoms with Crippen LogP contribution in [0.25, 0.3) is 44.4 Å². The van der Waals surface area contributed by atoms with Gasteiger partial charge >= 0.3 is 12.2 Å². The molecule has 0 spiro atoms. The molecule has 15 nitrogen and oxygen atoms in total. The number of aromatic nitrogens is 4. The Morgan fingerprint density at radius 1 is 0.766 bits per heavy atom. The summed E-state index contributed by atoms with van der Waals surface area (Å²) in [5.41, 5.74) is 5.61. The van der Waals surface area contributed by atoms with E-state index in [9.17, 15) is 24.4 Å². The smallest absolute Gasteiger partial charge is 0.407 e. The number of carbonyl (C=O) groups excluding carboxylic acids is 4. The van der Waals surface area contributed by atoms with Gasteiger partial charge in [0.15, 0.2) is 0 Å². The predicted molar refractivity (Wildman–Crippen MR) is 245 cm³/mol. The molecule has 5 aromatic rings. The van der Waals surface area contributed by atoms with E-state index in [1.807, 2.05) is 58.7 Å². The van der Waals surface area contributed by atoms with E-state index >= 15 is 0 Å². The number of likely N-dealkylation sites (tertiary alicyclic amines) is 1. The monoisotopic (exact) mass is 871 g/mol. The second kappa shape index (κ2) is 20.2. The Labute approximate surface area is 375 Å². The van der Waals surface area contributed by atoms with Crippen LogP contribution in [0.5, 0.6) is 0 Å². The number of amides is 4. The summed E-state index contributed by atoms with van der Waals surface area (Å²) < 4.78 is 9.60. The molecular weight excluding hydrogens is 811 g/mol. The number of nitrogens with one attached hydrogen (secondary N) is 4. The third-order valence-corrected chi connectivity index (χ3v) is 11.9. The summed E-state index contributed by atoms with van der Waals surface area (Å²) >= 11 is 0. The van der Waals surface area contributed by atoms with E-state index in [0.717, 1.165) is 44.4 Å². The summed E-state index contributed by atoms with van der Waals surface area (Å²) in [5.74, 6) is 0.334. The summed E-state index contributed by atoms with van der Waals surface area (Å²) in [6.45, 7) is 15.9. The SMILES string of the molecule is COC(=O)N[C@H](C(=O)N1C[C@@H](C#N)C[C@H]1c1ncc(-c2ccc3cc(-c4ccc(-c5cnc([C@H](CC(C)C)N(C(=O)[C@@H](NC(=O)OC)C(C)C)C(C)C)[nH]5)cc4)ccc3c2)[nH]1)C(C)C. The molecule has 0 aliphatic carbocycles. The van der Waals surface area contributed by atoms with Gasteiger partial charge in [0, 0.05) is 18.2 Å². The summed E-state index contributed by atoms with van der Waals surface area (Å²) in [4.78, 5) is 72.1. The number of benzene rings is 3. The number of fused-ring (bicyclic) bond motifs is 1. The molecule has 2 aromatic heterocycles. The maximum absolute atomic E-state index is 14.1. The number of alkyl carbamates (subject to hydrolysis) is 2. The number of nitrogens with zero attached hydrogens (tertiary/aromatic N) is 5. The number of H-pyrrole nitrogens is 2. The van der Waals surface area contributed by atoms with E-state index in [1.165, 1.54) is 14.2 Å². The van der Waals surface area contributed by atoms with Gasteiger partial charge < -0.3 is 39.9 Å². The van der Waals surface area contributed by atoms with Crippen LogP contribution in [-0.4, -0.2) is 92.6 Å². The van der Waals surface area contributed by atoms with Gasteiger partial charge in [-0.15, -0.1) is 0 Å². The number of carbonyl (C=O) groups is 4. The predicted octanol–water partition coefficient (Wildman–Crippen LogP) is 8.79. The highest BCUT2D eigenvalue weighted by Gasteiger charge is 2.42. The summed E-state index contributed by atoms with van der Waals surface area (Å²) in [7, 11) is 2.55. The van der Waals surface area contributed by atoms with Crippen LogP contribution in [0.15, 0.2) is 73.1 Å². The molecule has 6 rings (SSSR count). The lowest BCUT2D eigenvalue weighted by Gasteiger charge is -2.38. The Morgan fingerprint density at radius 3 is 1.89 bits per heavy atom. The van der Waals surface area contributed by atoms with Gasteiger partial charge in [0.05, 0.1) is 62.1 Å². The van der Waals surface area contributed by atoms with Gasteiger partial charge in [-0.05, 0) is 84.0 Å². The Hall–Kier alpha value is -6.69. The Balaban J connectivity index is 1.19. The standard InChI is InChI=1S/C49H61N9O6/c1-27(2)19-41(58(30(7)8)47(60)43(29(5)6)56-49(62)64-10)45-52-24-38(53-45)33-13-11-32(12-14-33)34-15-16-36-22-37(18-17-35(36)21-34)39-25-51-44(54-39)40-20-31(23-50)26-57(40)46(59)42(28(3)4)55-48(61)63-9/h11-18,21-22,24-25,27-31,40-43H,19-20,26H2,1-10H3,(H,51,54)(H,52,53)(H,55,61)(H,56,62)/t31-,40+,41+,42+,43+/m1/s1. The van der Waals surface area contributed by atoms with Crippen LogP contribution in [0.2, 0.25) is 0 Å². The van der Waals surface area contributed by atoms with Gasteiger partial charge in [-0.1, -0.05) is 90.1 Å². The van der Waals surface area contributed by atoms with Crippen molar-refractivity contribution in [2.75, 3.05) is 20.8 Å². The van der Waals surface area contributed by atoms with E-state index in [4.69, 9.17) is 14.5 Å². The summed E-state index contributed by atoms with van der Waals surface area (Å²) in [6.07, 6.45) is 3.33. The van der Waals surface area contributed by atoms with Crippen molar-refractivity contribution in [2.24, 2.45) is 23.7 Å². The largest absolute Gasteiger partial charge is 0.453 e. The zero-order chi connectivity index (χ0) is 46.4. The first-order valence-corrected chi connectivity index (χ1v) is 22.0. The Morgan fingerprint density at radius 2 is 1.31 bits per heavy atom. The molecule has 64 heavy (non-hydrogen) atoms. The molecule has 15 heteroatoms. The fraction of sp³-hybridized carbons (Fsp3) is 0.449. The minimum absolute atomic E-state index is 0.159. The molecule has 3 heterocycles. The molecule has 0 unspecified atom stereocenters. The van der Waals surface area contributed by atoms with Crippen LogP contribution in [0, 0.1) is 35.0 Å². The average molecular weight is 872 g/mol. The molecule has 4 amide bonds. The quantitative estimate of drug-likeness (QED) is 0.0794. The first-order valence-electron chi connectivity index (χ1n) is 22.0. The van der Waals surface area contributed by atoms with E-state index < -0.39 is 30.3 Å². The number of aromatic amines is 2. The molecule has 1 aliphatic heterocycles. The maximum Gasteiger partial charge on any atom is 0.407 e.